The molecule has 1 aromatic heterocycles. The van der Waals surface area contributed by atoms with Crippen molar-refractivity contribution in [1.82, 2.24) is 4.98 Å². The summed E-state index contributed by atoms with van der Waals surface area (Å²) in [6.07, 6.45) is -0.657. The summed E-state index contributed by atoms with van der Waals surface area (Å²) < 4.78 is 37.7. The fourth-order valence-corrected chi connectivity index (χ4v) is 2.60. The average molecular weight is 330 g/mol. The fourth-order valence-electron chi connectivity index (χ4n) is 2.32. The molecule has 0 radical (unpaired) electrons. The molecule has 8 heteroatoms. The molecule has 2 N–H and O–H groups in total. The van der Waals surface area contributed by atoms with Gasteiger partial charge >= 0.3 is 6.18 Å². The Morgan fingerprint density at radius 1 is 1.40 bits per heavy atom. The lowest BCUT2D eigenvalue weighted by Crippen LogP contribution is -2.44. The van der Waals surface area contributed by atoms with Gasteiger partial charge in [-0.15, -0.1) is 12.4 Å². The van der Waals surface area contributed by atoms with Crippen molar-refractivity contribution in [2.24, 2.45) is 5.73 Å². The number of pyridine rings is 1. The summed E-state index contributed by atoms with van der Waals surface area (Å²) >= 11 is 5.95. The van der Waals surface area contributed by atoms with Gasteiger partial charge in [-0.2, -0.15) is 13.2 Å². The lowest BCUT2D eigenvalue weighted by Gasteiger charge is -2.36. The Morgan fingerprint density at radius 2 is 2.10 bits per heavy atom. The maximum atomic E-state index is 12.6. The Labute approximate surface area is 126 Å². The zero-order valence-corrected chi connectivity index (χ0v) is 12.2. The number of aromatic nitrogens is 1. The Hall–Kier alpha value is -0.720. The molecule has 1 aliphatic rings. The van der Waals surface area contributed by atoms with Crippen molar-refractivity contribution in [3.8, 4) is 0 Å². The predicted octanol–water partition coefficient (Wildman–Crippen LogP) is 3.49. The summed E-state index contributed by atoms with van der Waals surface area (Å²) in [7, 11) is 0. The summed E-state index contributed by atoms with van der Waals surface area (Å²) in [5, 5.41) is 0.0233. The third-order valence-corrected chi connectivity index (χ3v) is 3.60. The van der Waals surface area contributed by atoms with Crippen LogP contribution in [-0.4, -0.2) is 24.1 Å². The van der Waals surface area contributed by atoms with Crippen LogP contribution >= 0.6 is 24.0 Å². The van der Waals surface area contributed by atoms with Crippen LogP contribution in [-0.2, 0) is 6.18 Å². The number of anilines is 1. The third-order valence-electron chi connectivity index (χ3n) is 3.32. The number of halogens is 5. The van der Waals surface area contributed by atoms with Gasteiger partial charge in [-0.3, -0.25) is 0 Å². The van der Waals surface area contributed by atoms with E-state index in [9.17, 15) is 13.2 Å². The first-order chi connectivity index (χ1) is 8.93. The normalized spacial score (nSPS) is 19.6. The standard InChI is InChI=1S/C12H15ClF3N3.ClH/c13-10-5-8(12(14,15)16)7-18-11(10)19-4-2-1-3-9(19)6-17;/h5,7,9H,1-4,6,17H2;1H. The fraction of sp³-hybridized carbons (Fsp3) is 0.583. The van der Waals surface area contributed by atoms with Crippen LogP contribution in [0.25, 0.3) is 0 Å². The van der Waals surface area contributed by atoms with E-state index in [1.54, 1.807) is 0 Å². The number of rotatable bonds is 2. The molecule has 1 unspecified atom stereocenters. The molecule has 0 bridgehead atoms. The van der Waals surface area contributed by atoms with E-state index in [-0.39, 0.29) is 23.5 Å². The monoisotopic (exact) mass is 329 g/mol. The van der Waals surface area contributed by atoms with Crippen molar-refractivity contribution in [3.05, 3.63) is 22.8 Å². The van der Waals surface area contributed by atoms with E-state index in [4.69, 9.17) is 17.3 Å². The molecular formula is C12H16Cl2F3N3. The van der Waals surface area contributed by atoms with Crippen LogP contribution in [0.5, 0.6) is 0 Å². The quantitative estimate of drug-likeness (QED) is 0.903. The van der Waals surface area contributed by atoms with Gasteiger partial charge in [-0.25, -0.2) is 4.98 Å². The van der Waals surface area contributed by atoms with Gasteiger partial charge < -0.3 is 10.6 Å². The molecule has 0 saturated carbocycles. The van der Waals surface area contributed by atoms with Crippen LogP contribution in [0.3, 0.4) is 0 Å². The first-order valence-electron chi connectivity index (χ1n) is 6.13. The summed E-state index contributed by atoms with van der Waals surface area (Å²) in [6.45, 7) is 1.17. The summed E-state index contributed by atoms with van der Waals surface area (Å²) in [5.41, 5.74) is 4.86. The minimum Gasteiger partial charge on any atom is -0.351 e. The van der Waals surface area contributed by atoms with E-state index >= 15 is 0 Å². The molecule has 3 nitrogen and oxygen atoms in total. The van der Waals surface area contributed by atoms with Crippen LogP contribution in [0.15, 0.2) is 12.3 Å². The van der Waals surface area contributed by atoms with E-state index in [0.717, 1.165) is 38.1 Å². The molecule has 2 heterocycles. The molecular weight excluding hydrogens is 314 g/mol. The zero-order valence-electron chi connectivity index (χ0n) is 10.7. The Bertz CT molecular complexity index is 454. The summed E-state index contributed by atoms with van der Waals surface area (Å²) in [5.74, 6) is 0.393. The van der Waals surface area contributed by atoms with Gasteiger partial charge in [0.25, 0.3) is 0 Å². The molecule has 114 valence electrons. The highest BCUT2D eigenvalue weighted by molar-refractivity contribution is 6.33. The van der Waals surface area contributed by atoms with E-state index in [1.165, 1.54) is 0 Å². The Morgan fingerprint density at radius 3 is 2.65 bits per heavy atom. The first kappa shape index (κ1) is 17.3. The minimum atomic E-state index is -4.43. The van der Waals surface area contributed by atoms with Crippen molar-refractivity contribution in [2.45, 2.75) is 31.5 Å². The van der Waals surface area contributed by atoms with Gasteiger partial charge in [0.05, 0.1) is 10.6 Å². The number of nitrogens with two attached hydrogens (primary N) is 1. The molecule has 2 rings (SSSR count). The van der Waals surface area contributed by atoms with E-state index < -0.39 is 11.7 Å². The van der Waals surface area contributed by atoms with Crippen LogP contribution in [0.4, 0.5) is 19.0 Å². The van der Waals surface area contributed by atoms with Gasteiger partial charge in [0.1, 0.15) is 5.82 Å². The molecule has 0 spiro atoms. The average Bonchev–Trinajstić information content (AvgIpc) is 2.37. The number of alkyl halides is 3. The Balaban J connectivity index is 0.00000200. The first-order valence-corrected chi connectivity index (χ1v) is 6.50. The van der Waals surface area contributed by atoms with Crippen LogP contribution in [0, 0.1) is 0 Å². The Kier molecular flexibility index (Phi) is 5.91. The van der Waals surface area contributed by atoms with Crippen LogP contribution in [0.1, 0.15) is 24.8 Å². The zero-order chi connectivity index (χ0) is 14.0. The SMILES string of the molecule is Cl.NCC1CCCCN1c1ncc(C(F)(F)F)cc1Cl. The topological polar surface area (TPSA) is 42.1 Å². The maximum absolute atomic E-state index is 12.6. The van der Waals surface area contributed by atoms with Gasteiger partial charge in [-0.1, -0.05) is 11.6 Å². The highest BCUT2D eigenvalue weighted by Crippen LogP contribution is 2.35. The molecule has 20 heavy (non-hydrogen) atoms. The van der Waals surface area contributed by atoms with Gasteiger partial charge in [0.15, 0.2) is 0 Å². The molecule has 1 saturated heterocycles. The predicted molar refractivity (Wildman–Crippen MR) is 75.5 cm³/mol. The minimum absolute atomic E-state index is 0. The lowest BCUT2D eigenvalue weighted by molar-refractivity contribution is -0.137. The number of hydrogen-bond donors (Lipinski definition) is 1. The van der Waals surface area contributed by atoms with Gasteiger partial charge in [0.2, 0.25) is 0 Å². The second-order valence-electron chi connectivity index (χ2n) is 4.61. The third kappa shape index (κ3) is 3.68. The van der Waals surface area contributed by atoms with E-state index in [0.29, 0.717) is 12.4 Å². The largest absolute Gasteiger partial charge is 0.417 e. The molecule has 1 aliphatic heterocycles. The summed E-state index contributed by atoms with van der Waals surface area (Å²) in [4.78, 5) is 5.79. The van der Waals surface area contributed by atoms with Gasteiger partial charge in [-0.05, 0) is 25.3 Å². The summed E-state index contributed by atoms with van der Waals surface area (Å²) in [6, 6.07) is 1.02. The smallest absolute Gasteiger partial charge is 0.351 e. The second-order valence-corrected chi connectivity index (χ2v) is 5.01. The molecule has 1 atom stereocenters. The highest BCUT2D eigenvalue weighted by atomic mass is 35.5. The number of nitrogens with zero attached hydrogens (tertiary/aromatic N) is 2. The van der Waals surface area contributed by atoms with E-state index in [1.807, 2.05) is 4.90 Å². The van der Waals surface area contributed by atoms with Crippen LogP contribution < -0.4 is 10.6 Å². The van der Waals surface area contributed by atoms with E-state index in [2.05, 4.69) is 4.98 Å². The molecule has 0 amide bonds. The van der Waals surface area contributed by atoms with Crippen LogP contribution in [0.2, 0.25) is 5.02 Å². The van der Waals surface area contributed by atoms with Crippen molar-refractivity contribution < 1.29 is 13.2 Å². The molecule has 1 aromatic rings. The molecule has 0 aliphatic carbocycles. The van der Waals surface area contributed by atoms with Crippen molar-refractivity contribution >= 4 is 29.8 Å². The van der Waals surface area contributed by atoms with Crippen molar-refractivity contribution in [3.63, 3.8) is 0 Å². The molecule has 1 fully saturated rings. The number of hydrogen-bond acceptors (Lipinski definition) is 3. The maximum Gasteiger partial charge on any atom is 0.417 e. The highest BCUT2D eigenvalue weighted by Gasteiger charge is 2.32. The van der Waals surface area contributed by atoms with Crippen molar-refractivity contribution in [2.75, 3.05) is 18.0 Å². The number of piperidine rings is 1. The lowest BCUT2D eigenvalue weighted by atomic mass is 10.0. The second kappa shape index (κ2) is 6.83. The molecule has 0 aromatic carbocycles. The van der Waals surface area contributed by atoms with Crippen molar-refractivity contribution in [1.29, 1.82) is 0 Å². The van der Waals surface area contributed by atoms with Gasteiger partial charge in [0, 0.05) is 25.3 Å².